The van der Waals surface area contributed by atoms with Crippen LogP contribution in [0, 0.1) is 10.1 Å². The number of nitro groups is 1. The second-order valence-electron chi connectivity index (χ2n) is 5.66. The Morgan fingerprint density at radius 3 is 2.80 bits per heavy atom. The summed E-state index contributed by atoms with van der Waals surface area (Å²) in [5, 5.41) is 10.9. The first-order valence-electron chi connectivity index (χ1n) is 7.93. The van der Waals surface area contributed by atoms with Crippen LogP contribution in [0.3, 0.4) is 0 Å². The van der Waals surface area contributed by atoms with Gasteiger partial charge in [-0.3, -0.25) is 14.9 Å². The van der Waals surface area contributed by atoms with Crippen molar-refractivity contribution in [2.45, 2.75) is 12.8 Å². The van der Waals surface area contributed by atoms with E-state index in [1.807, 2.05) is 24.3 Å². The van der Waals surface area contributed by atoms with E-state index in [1.165, 1.54) is 25.3 Å². The molecule has 1 heterocycles. The van der Waals surface area contributed by atoms with Crippen LogP contribution in [0.5, 0.6) is 11.5 Å². The summed E-state index contributed by atoms with van der Waals surface area (Å²) in [7, 11) is 1.44. The fourth-order valence-electron chi connectivity index (χ4n) is 2.90. The average Bonchev–Trinajstić information content (AvgIpc) is 2.65. The Labute approximate surface area is 144 Å². The summed E-state index contributed by atoms with van der Waals surface area (Å²) in [6, 6.07) is 11.8. The Morgan fingerprint density at radius 1 is 1.24 bits per heavy atom. The Bertz CT molecular complexity index is 806. The Morgan fingerprint density at radius 2 is 2.04 bits per heavy atom. The quantitative estimate of drug-likeness (QED) is 0.616. The molecule has 0 aromatic heterocycles. The fourth-order valence-corrected chi connectivity index (χ4v) is 2.90. The number of methoxy groups -OCH3 is 1. The van der Waals surface area contributed by atoms with Crippen molar-refractivity contribution < 1.29 is 19.2 Å². The van der Waals surface area contributed by atoms with Gasteiger partial charge in [-0.1, -0.05) is 18.2 Å². The van der Waals surface area contributed by atoms with Crippen molar-refractivity contribution in [3.05, 3.63) is 58.1 Å². The van der Waals surface area contributed by atoms with Gasteiger partial charge in [0.05, 0.1) is 18.1 Å². The third kappa shape index (κ3) is 3.55. The number of carbonyl (C=O) groups excluding carboxylic acids is 1. The molecule has 0 atom stereocenters. The highest BCUT2D eigenvalue weighted by Gasteiger charge is 2.23. The van der Waals surface area contributed by atoms with Crippen LogP contribution in [0.25, 0.3) is 0 Å². The zero-order chi connectivity index (χ0) is 17.8. The van der Waals surface area contributed by atoms with E-state index in [-0.39, 0.29) is 24.0 Å². The number of ether oxygens (including phenoxy) is 2. The molecule has 0 saturated carbocycles. The number of non-ortho nitro benzene ring substituents is 1. The molecule has 2 aromatic rings. The van der Waals surface area contributed by atoms with Gasteiger partial charge in [0, 0.05) is 18.3 Å². The third-order valence-corrected chi connectivity index (χ3v) is 4.12. The van der Waals surface area contributed by atoms with Gasteiger partial charge in [-0.05, 0) is 30.5 Å². The number of hydrogen-bond acceptors (Lipinski definition) is 5. The molecule has 0 bridgehead atoms. The lowest BCUT2D eigenvalue weighted by Crippen LogP contribution is -2.38. The van der Waals surface area contributed by atoms with E-state index in [0.717, 1.165) is 24.1 Å². The third-order valence-electron chi connectivity index (χ3n) is 4.12. The number of nitro benzene ring substituents is 1. The highest BCUT2D eigenvalue weighted by molar-refractivity contribution is 5.95. The molecular formula is C18H18N2O5. The lowest BCUT2D eigenvalue weighted by Gasteiger charge is -2.29. The molecule has 3 rings (SSSR count). The molecule has 1 amide bonds. The number of nitrogens with zero attached hydrogens (tertiary/aromatic N) is 2. The SMILES string of the molecule is COc1ccc([N+](=O)[O-])cc1OCC(=O)N1CCCc2ccccc21. The molecule has 1 aliphatic rings. The molecule has 7 nitrogen and oxygen atoms in total. The summed E-state index contributed by atoms with van der Waals surface area (Å²) in [5.41, 5.74) is 1.91. The Hall–Kier alpha value is -3.09. The lowest BCUT2D eigenvalue weighted by atomic mass is 10.0. The zero-order valence-electron chi connectivity index (χ0n) is 13.8. The largest absolute Gasteiger partial charge is 0.493 e. The minimum atomic E-state index is -0.519. The maximum absolute atomic E-state index is 12.6. The van der Waals surface area contributed by atoms with Gasteiger partial charge in [0.15, 0.2) is 18.1 Å². The smallest absolute Gasteiger partial charge is 0.273 e. The molecule has 2 aromatic carbocycles. The summed E-state index contributed by atoms with van der Waals surface area (Å²) < 4.78 is 10.7. The zero-order valence-corrected chi connectivity index (χ0v) is 13.8. The van der Waals surface area contributed by atoms with E-state index >= 15 is 0 Å². The monoisotopic (exact) mass is 342 g/mol. The predicted molar refractivity (Wildman–Crippen MR) is 92.3 cm³/mol. The molecule has 7 heteroatoms. The van der Waals surface area contributed by atoms with E-state index in [2.05, 4.69) is 0 Å². The number of aryl methyl sites for hydroxylation is 1. The van der Waals surface area contributed by atoms with Gasteiger partial charge in [0.2, 0.25) is 0 Å². The van der Waals surface area contributed by atoms with Crippen molar-refractivity contribution in [2.75, 3.05) is 25.2 Å². The Balaban J connectivity index is 1.75. The van der Waals surface area contributed by atoms with Gasteiger partial charge < -0.3 is 14.4 Å². The van der Waals surface area contributed by atoms with E-state index in [1.54, 1.807) is 4.90 Å². The van der Waals surface area contributed by atoms with Gasteiger partial charge in [-0.25, -0.2) is 0 Å². The van der Waals surface area contributed by atoms with Crippen molar-refractivity contribution in [3.63, 3.8) is 0 Å². The molecule has 0 radical (unpaired) electrons. The van der Waals surface area contributed by atoms with Gasteiger partial charge in [-0.2, -0.15) is 0 Å². The first-order valence-corrected chi connectivity index (χ1v) is 7.93. The van der Waals surface area contributed by atoms with Crippen LogP contribution in [0.2, 0.25) is 0 Å². The van der Waals surface area contributed by atoms with Crippen molar-refractivity contribution in [1.82, 2.24) is 0 Å². The lowest BCUT2D eigenvalue weighted by molar-refractivity contribution is -0.385. The molecule has 1 aliphatic heterocycles. The minimum Gasteiger partial charge on any atom is -0.493 e. The number of rotatable bonds is 5. The van der Waals surface area contributed by atoms with E-state index in [9.17, 15) is 14.9 Å². The van der Waals surface area contributed by atoms with Crippen LogP contribution in [0.4, 0.5) is 11.4 Å². The van der Waals surface area contributed by atoms with Crippen molar-refractivity contribution in [3.8, 4) is 11.5 Å². The molecule has 0 saturated heterocycles. The fraction of sp³-hybridized carbons (Fsp3) is 0.278. The average molecular weight is 342 g/mol. The number of para-hydroxylation sites is 1. The normalized spacial score (nSPS) is 13.1. The highest BCUT2D eigenvalue weighted by Crippen LogP contribution is 2.32. The summed E-state index contributed by atoms with van der Waals surface area (Å²) in [5.74, 6) is 0.327. The molecule has 0 aliphatic carbocycles. The van der Waals surface area contributed by atoms with Gasteiger partial charge >= 0.3 is 0 Å². The number of benzene rings is 2. The second kappa shape index (κ2) is 7.21. The van der Waals surface area contributed by atoms with Crippen LogP contribution in [0.15, 0.2) is 42.5 Å². The van der Waals surface area contributed by atoms with Crippen LogP contribution in [0.1, 0.15) is 12.0 Å². The molecule has 0 N–H and O–H groups in total. The minimum absolute atomic E-state index is 0.119. The van der Waals surface area contributed by atoms with Crippen molar-refractivity contribution in [1.29, 1.82) is 0 Å². The standard InChI is InChI=1S/C18H18N2O5/c1-24-16-9-8-14(20(22)23)11-17(16)25-12-18(21)19-10-4-6-13-5-2-3-7-15(13)19/h2-3,5,7-9,11H,4,6,10,12H2,1H3. The van der Waals surface area contributed by atoms with Gasteiger partial charge in [0.25, 0.3) is 11.6 Å². The van der Waals surface area contributed by atoms with Crippen LogP contribution in [-0.4, -0.2) is 31.1 Å². The summed E-state index contributed by atoms with van der Waals surface area (Å²) in [6.45, 7) is 0.414. The topological polar surface area (TPSA) is 81.9 Å². The van der Waals surface area contributed by atoms with Crippen LogP contribution >= 0.6 is 0 Å². The van der Waals surface area contributed by atoms with Crippen LogP contribution in [-0.2, 0) is 11.2 Å². The number of amides is 1. The van der Waals surface area contributed by atoms with E-state index in [4.69, 9.17) is 9.47 Å². The summed E-state index contributed by atoms with van der Waals surface area (Å²) in [6.07, 6.45) is 1.84. The summed E-state index contributed by atoms with van der Waals surface area (Å²) in [4.78, 5) is 24.7. The molecule has 0 spiro atoms. The number of anilines is 1. The molecule has 25 heavy (non-hydrogen) atoms. The van der Waals surface area contributed by atoms with E-state index in [0.29, 0.717) is 12.3 Å². The van der Waals surface area contributed by atoms with Crippen molar-refractivity contribution >= 4 is 17.3 Å². The Kier molecular flexibility index (Phi) is 4.83. The maximum atomic E-state index is 12.6. The van der Waals surface area contributed by atoms with Gasteiger partial charge in [-0.15, -0.1) is 0 Å². The predicted octanol–water partition coefficient (Wildman–Crippen LogP) is 2.96. The second-order valence-corrected chi connectivity index (χ2v) is 5.66. The molecular weight excluding hydrogens is 324 g/mol. The highest BCUT2D eigenvalue weighted by atomic mass is 16.6. The summed E-state index contributed by atoms with van der Waals surface area (Å²) >= 11 is 0. The van der Waals surface area contributed by atoms with Crippen molar-refractivity contribution in [2.24, 2.45) is 0 Å². The first kappa shape index (κ1) is 16.8. The van der Waals surface area contributed by atoms with Crippen LogP contribution < -0.4 is 14.4 Å². The molecule has 0 fully saturated rings. The van der Waals surface area contributed by atoms with E-state index < -0.39 is 4.92 Å². The maximum Gasteiger partial charge on any atom is 0.273 e. The number of carbonyl (C=O) groups is 1. The molecule has 130 valence electrons. The molecule has 0 unspecified atom stereocenters. The number of fused-ring (bicyclic) bond motifs is 1. The first-order chi connectivity index (χ1) is 12.1. The number of hydrogen-bond donors (Lipinski definition) is 0. The van der Waals surface area contributed by atoms with Gasteiger partial charge in [0.1, 0.15) is 0 Å².